The van der Waals surface area contributed by atoms with Crippen LogP contribution in [0.3, 0.4) is 0 Å². The molecule has 2 aliphatic heterocycles. The van der Waals surface area contributed by atoms with Crippen LogP contribution in [0.4, 0.5) is 5.13 Å². The number of nitrogens with zero attached hydrogens (tertiary/aromatic N) is 2. The minimum absolute atomic E-state index is 0.0872. The lowest BCUT2D eigenvalue weighted by atomic mass is 10.1. The van der Waals surface area contributed by atoms with Crippen LogP contribution in [0.25, 0.3) is 10.2 Å². The number of amides is 1. The highest BCUT2D eigenvalue weighted by atomic mass is 32.2. The van der Waals surface area contributed by atoms with Gasteiger partial charge in [0.25, 0.3) is 0 Å². The molecule has 3 aromatic rings. The first kappa shape index (κ1) is 17.2. The Morgan fingerprint density at radius 3 is 2.85 bits per heavy atom. The van der Waals surface area contributed by atoms with Gasteiger partial charge in [0.2, 0.25) is 5.91 Å². The van der Waals surface area contributed by atoms with E-state index in [0.717, 1.165) is 41.2 Å². The lowest BCUT2D eigenvalue weighted by Gasteiger charge is -2.25. The zero-order valence-corrected chi connectivity index (χ0v) is 16.5. The number of aromatic nitrogens is 1. The standard InChI is InChI=1S/C21H20N2O2S2/c24-20(19-12-14-6-1-3-9-17(14)26-19)23(13-15-7-5-11-25-15)21-22-16-8-2-4-10-18(16)27-21/h1-4,6,8-10,15,19H,5,7,11-13H2. The van der Waals surface area contributed by atoms with Gasteiger partial charge in [0.1, 0.15) is 0 Å². The zero-order valence-electron chi connectivity index (χ0n) is 14.8. The minimum Gasteiger partial charge on any atom is -0.376 e. The maximum absolute atomic E-state index is 13.5. The molecule has 1 saturated heterocycles. The third kappa shape index (κ3) is 3.37. The molecule has 6 heteroatoms. The van der Waals surface area contributed by atoms with Gasteiger partial charge in [-0.3, -0.25) is 9.69 Å². The zero-order chi connectivity index (χ0) is 18.2. The highest BCUT2D eigenvalue weighted by molar-refractivity contribution is 8.01. The average Bonchev–Trinajstić information content (AvgIpc) is 3.44. The van der Waals surface area contributed by atoms with Gasteiger partial charge in [-0.2, -0.15) is 0 Å². The highest BCUT2D eigenvalue weighted by Gasteiger charge is 2.35. The van der Waals surface area contributed by atoms with Crippen molar-refractivity contribution in [2.45, 2.75) is 35.5 Å². The van der Waals surface area contributed by atoms with E-state index < -0.39 is 0 Å². The predicted molar refractivity (Wildman–Crippen MR) is 111 cm³/mol. The second kappa shape index (κ2) is 7.26. The first-order valence-electron chi connectivity index (χ1n) is 9.31. The molecule has 2 aliphatic rings. The molecule has 3 heterocycles. The van der Waals surface area contributed by atoms with Gasteiger partial charge in [0.05, 0.1) is 28.1 Å². The van der Waals surface area contributed by atoms with E-state index in [2.05, 4.69) is 18.2 Å². The van der Waals surface area contributed by atoms with Crippen LogP contribution >= 0.6 is 23.1 Å². The van der Waals surface area contributed by atoms with E-state index >= 15 is 0 Å². The SMILES string of the molecule is O=C(C1Cc2ccccc2S1)N(CC1CCCO1)c1nc2ccccc2s1. The van der Waals surface area contributed by atoms with Gasteiger partial charge < -0.3 is 4.74 Å². The van der Waals surface area contributed by atoms with E-state index in [1.165, 1.54) is 10.5 Å². The molecular weight excluding hydrogens is 376 g/mol. The molecule has 0 saturated carbocycles. The largest absolute Gasteiger partial charge is 0.376 e. The summed E-state index contributed by atoms with van der Waals surface area (Å²) >= 11 is 3.27. The Hall–Kier alpha value is -1.89. The number of benzene rings is 2. The Bertz CT molecular complexity index is 923. The number of rotatable bonds is 4. The molecule has 2 atom stereocenters. The summed E-state index contributed by atoms with van der Waals surface area (Å²) in [5, 5.41) is 0.698. The number of para-hydroxylation sites is 1. The number of carbonyl (C=O) groups excluding carboxylic acids is 1. The summed E-state index contributed by atoms with van der Waals surface area (Å²) in [6, 6.07) is 16.4. The molecule has 0 N–H and O–H groups in total. The maximum atomic E-state index is 13.5. The number of thiazole rings is 1. The van der Waals surface area contributed by atoms with E-state index in [-0.39, 0.29) is 17.3 Å². The van der Waals surface area contributed by atoms with Gasteiger partial charge in [0.15, 0.2) is 5.13 Å². The Labute approximate surface area is 166 Å². The van der Waals surface area contributed by atoms with E-state index in [1.54, 1.807) is 23.1 Å². The molecule has 1 fully saturated rings. The first-order valence-corrected chi connectivity index (χ1v) is 11.0. The van der Waals surface area contributed by atoms with E-state index in [0.29, 0.717) is 6.54 Å². The molecule has 2 unspecified atom stereocenters. The molecule has 1 amide bonds. The molecule has 1 aromatic heterocycles. The van der Waals surface area contributed by atoms with Crippen molar-refractivity contribution in [3.63, 3.8) is 0 Å². The normalized spacial score (nSPS) is 21.5. The summed E-state index contributed by atoms with van der Waals surface area (Å²) < 4.78 is 6.94. The van der Waals surface area contributed by atoms with E-state index in [9.17, 15) is 4.79 Å². The summed E-state index contributed by atoms with van der Waals surface area (Å²) in [6.07, 6.45) is 2.96. The average molecular weight is 397 g/mol. The van der Waals surface area contributed by atoms with Crippen LogP contribution < -0.4 is 4.90 Å². The molecule has 5 rings (SSSR count). The molecule has 0 radical (unpaired) electrons. The Morgan fingerprint density at radius 2 is 2.04 bits per heavy atom. The summed E-state index contributed by atoms with van der Waals surface area (Å²) in [5.74, 6) is 0.144. The molecule has 0 spiro atoms. The first-order chi connectivity index (χ1) is 13.3. The monoisotopic (exact) mass is 396 g/mol. The van der Waals surface area contributed by atoms with Gasteiger partial charge >= 0.3 is 0 Å². The van der Waals surface area contributed by atoms with Gasteiger partial charge in [0, 0.05) is 11.5 Å². The van der Waals surface area contributed by atoms with Crippen LogP contribution in [0.1, 0.15) is 18.4 Å². The van der Waals surface area contributed by atoms with Crippen LogP contribution in [-0.2, 0) is 16.0 Å². The number of hydrogen-bond acceptors (Lipinski definition) is 5. The van der Waals surface area contributed by atoms with Gasteiger partial charge in [-0.1, -0.05) is 41.7 Å². The number of thioether (sulfide) groups is 1. The van der Waals surface area contributed by atoms with Crippen LogP contribution in [0, 0.1) is 0 Å². The van der Waals surface area contributed by atoms with Crippen molar-refractivity contribution in [2.75, 3.05) is 18.1 Å². The molecule has 27 heavy (non-hydrogen) atoms. The minimum atomic E-state index is -0.0872. The van der Waals surface area contributed by atoms with Crippen LogP contribution in [0.5, 0.6) is 0 Å². The number of fused-ring (bicyclic) bond motifs is 2. The highest BCUT2D eigenvalue weighted by Crippen LogP contribution is 2.39. The van der Waals surface area contributed by atoms with Crippen LogP contribution in [-0.4, -0.2) is 35.4 Å². The van der Waals surface area contributed by atoms with Crippen molar-refractivity contribution in [2.24, 2.45) is 0 Å². The molecule has 138 valence electrons. The van der Waals surface area contributed by atoms with Crippen molar-refractivity contribution >= 4 is 44.4 Å². The fourth-order valence-electron chi connectivity index (χ4n) is 3.72. The second-order valence-electron chi connectivity index (χ2n) is 6.97. The molecule has 4 nitrogen and oxygen atoms in total. The summed E-state index contributed by atoms with van der Waals surface area (Å²) in [4.78, 5) is 21.3. The molecule has 2 aromatic carbocycles. The van der Waals surface area contributed by atoms with E-state index in [1.807, 2.05) is 35.2 Å². The van der Waals surface area contributed by atoms with Gasteiger partial charge in [-0.05, 0) is 43.0 Å². The lowest BCUT2D eigenvalue weighted by molar-refractivity contribution is -0.118. The number of hydrogen-bond donors (Lipinski definition) is 0. The third-order valence-corrected chi connectivity index (χ3v) is 7.48. The fraction of sp³-hybridized carbons (Fsp3) is 0.333. The van der Waals surface area contributed by atoms with Crippen LogP contribution in [0.15, 0.2) is 53.4 Å². The van der Waals surface area contributed by atoms with E-state index in [4.69, 9.17) is 9.72 Å². The smallest absolute Gasteiger partial charge is 0.242 e. The number of anilines is 1. The molecule has 0 bridgehead atoms. The summed E-state index contributed by atoms with van der Waals surface area (Å²) in [6.45, 7) is 1.38. The Balaban J connectivity index is 1.45. The topological polar surface area (TPSA) is 42.4 Å². The number of carbonyl (C=O) groups is 1. The summed E-state index contributed by atoms with van der Waals surface area (Å²) in [7, 11) is 0. The van der Waals surface area contributed by atoms with Gasteiger partial charge in [-0.25, -0.2) is 4.98 Å². The predicted octanol–water partition coefficient (Wildman–Crippen LogP) is 4.53. The van der Waals surface area contributed by atoms with Crippen molar-refractivity contribution < 1.29 is 9.53 Å². The quantitative estimate of drug-likeness (QED) is 0.650. The Kier molecular flexibility index (Phi) is 4.63. The van der Waals surface area contributed by atoms with Crippen molar-refractivity contribution in [3.05, 3.63) is 54.1 Å². The lowest BCUT2D eigenvalue weighted by Crippen LogP contribution is -2.42. The van der Waals surface area contributed by atoms with Crippen molar-refractivity contribution in [1.82, 2.24) is 4.98 Å². The third-order valence-electron chi connectivity index (χ3n) is 5.11. The second-order valence-corrected chi connectivity index (χ2v) is 9.22. The molecular formula is C21H20N2O2S2. The Morgan fingerprint density at radius 1 is 1.19 bits per heavy atom. The van der Waals surface area contributed by atoms with Crippen molar-refractivity contribution in [3.8, 4) is 0 Å². The van der Waals surface area contributed by atoms with Crippen LogP contribution in [0.2, 0.25) is 0 Å². The summed E-state index contributed by atoms with van der Waals surface area (Å²) in [5.41, 5.74) is 2.22. The molecule has 0 aliphatic carbocycles. The number of ether oxygens (including phenoxy) is 1. The van der Waals surface area contributed by atoms with Crippen molar-refractivity contribution in [1.29, 1.82) is 0 Å². The van der Waals surface area contributed by atoms with Gasteiger partial charge in [-0.15, -0.1) is 11.8 Å². The fourth-order valence-corrected chi connectivity index (χ4v) is 5.96. The maximum Gasteiger partial charge on any atom is 0.242 e.